The minimum Gasteiger partial charge on any atom is -0.462 e. The molecule has 1 amide bonds. The number of rotatable bonds is 5. The van der Waals surface area contributed by atoms with Gasteiger partial charge < -0.3 is 4.74 Å². The molecule has 0 saturated carbocycles. The zero-order valence-corrected chi connectivity index (χ0v) is 17.4. The Morgan fingerprint density at radius 1 is 1.19 bits per heavy atom. The molecule has 3 aromatic heterocycles. The van der Waals surface area contributed by atoms with Crippen LogP contribution in [0.25, 0.3) is 10.6 Å². The molecular weight excluding hydrogens is 412 g/mol. The number of hydrogen-bond donors (Lipinski definition) is 1. The van der Waals surface area contributed by atoms with Crippen molar-refractivity contribution < 1.29 is 14.3 Å². The number of nitrogens with zero attached hydrogens (tertiary/aromatic N) is 3. The largest absolute Gasteiger partial charge is 0.462 e. The predicted molar refractivity (Wildman–Crippen MR) is 117 cm³/mol. The second-order valence-electron chi connectivity index (χ2n) is 6.97. The van der Waals surface area contributed by atoms with Crippen LogP contribution in [0.15, 0.2) is 66.3 Å². The van der Waals surface area contributed by atoms with Crippen molar-refractivity contribution in [1.29, 1.82) is 0 Å². The minimum atomic E-state index is -0.390. The van der Waals surface area contributed by atoms with Crippen LogP contribution in [-0.2, 0) is 4.74 Å². The van der Waals surface area contributed by atoms with Crippen molar-refractivity contribution in [3.63, 3.8) is 0 Å². The highest BCUT2D eigenvalue weighted by Crippen LogP contribution is 2.45. The molecule has 0 radical (unpaired) electrons. The Bertz CT molecular complexity index is 1230. The molecule has 7 nitrogen and oxygen atoms in total. The maximum absolute atomic E-state index is 13.4. The van der Waals surface area contributed by atoms with E-state index in [4.69, 9.17) is 4.74 Å². The van der Waals surface area contributed by atoms with E-state index in [0.29, 0.717) is 23.6 Å². The third-order valence-electron chi connectivity index (χ3n) is 5.18. The van der Waals surface area contributed by atoms with Gasteiger partial charge in [-0.2, -0.15) is 5.10 Å². The van der Waals surface area contributed by atoms with Crippen LogP contribution in [-0.4, -0.2) is 33.7 Å². The fourth-order valence-corrected chi connectivity index (χ4v) is 4.58. The summed E-state index contributed by atoms with van der Waals surface area (Å²) in [6.07, 6.45) is 3.47. The Balaban J connectivity index is 1.62. The van der Waals surface area contributed by atoms with E-state index in [2.05, 4.69) is 15.2 Å². The number of nitrogens with one attached hydrogen (secondary N) is 1. The molecule has 4 heterocycles. The average molecular weight is 430 g/mol. The summed E-state index contributed by atoms with van der Waals surface area (Å²) < 4.78 is 5.06. The summed E-state index contributed by atoms with van der Waals surface area (Å²) in [6, 6.07) is 14.2. The number of esters is 1. The predicted octanol–water partition coefficient (Wildman–Crippen LogP) is 4.46. The number of amides is 1. The Kier molecular flexibility index (Phi) is 4.83. The summed E-state index contributed by atoms with van der Waals surface area (Å²) in [5, 5.41) is 9.39. The molecule has 154 valence electrons. The van der Waals surface area contributed by atoms with Gasteiger partial charge in [-0.1, -0.05) is 12.1 Å². The summed E-state index contributed by atoms with van der Waals surface area (Å²) >= 11 is 1.58. The first-order valence-corrected chi connectivity index (χ1v) is 10.7. The summed E-state index contributed by atoms with van der Waals surface area (Å²) in [6.45, 7) is 2.07. The third-order valence-corrected chi connectivity index (χ3v) is 6.07. The van der Waals surface area contributed by atoms with Crippen LogP contribution in [0.1, 0.15) is 44.9 Å². The highest BCUT2D eigenvalue weighted by atomic mass is 32.1. The maximum atomic E-state index is 13.4. The van der Waals surface area contributed by atoms with Gasteiger partial charge in [-0.3, -0.25) is 19.8 Å². The van der Waals surface area contributed by atoms with Crippen molar-refractivity contribution in [2.45, 2.75) is 13.0 Å². The first-order chi connectivity index (χ1) is 15.2. The lowest BCUT2D eigenvalue weighted by Gasteiger charge is -2.26. The number of aromatic amines is 1. The second kappa shape index (κ2) is 7.81. The van der Waals surface area contributed by atoms with Crippen LogP contribution >= 0.6 is 11.3 Å². The van der Waals surface area contributed by atoms with E-state index in [1.54, 1.807) is 59.8 Å². The van der Waals surface area contributed by atoms with Crippen LogP contribution in [0.3, 0.4) is 0 Å². The molecular formula is C23H18N4O3S. The van der Waals surface area contributed by atoms with E-state index in [1.807, 2.05) is 29.6 Å². The number of benzene rings is 1. The van der Waals surface area contributed by atoms with E-state index in [1.165, 1.54) is 0 Å². The van der Waals surface area contributed by atoms with Crippen molar-refractivity contribution >= 4 is 28.9 Å². The molecule has 0 aliphatic carbocycles. The lowest BCUT2D eigenvalue weighted by Crippen LogP contribution is -2.29. The van der Waals surface area contributed by atoms with Crippen LogP contribution in [0.5, 0.6) is 0 Å². The number of fused-ring (bicyclic) bond motifs is 1. The zero-order valence-electron chi connectivity index (χ0n) is 16.6. The summed E-state index contributed by atoms with van der Waals surface area (Å²) in [7, 11) is 0. The number of anilines is 1. The zero-order chi connectivity index (χ0) is 21.4. The number of hydrogen-bond acceptors (Lipinski definition) is 6. The number of carbonyl (C=O) groups excluding carboxylic acids is 2. The van der Waals surface area contributed by atoms with Crippen LogP contribution in [0.4, 0.5) is 5.69 Å². The van der Waals surface area contributed by atoms with E-state index < -0.39 is 5.97 Å². The Morgan fingerprint density at radius 3 is 2.71 bits per heavy atom. The molecule has 5 rings (SSSR count). The van der Waals surface area contributed by atoms with Gasteiger partial charge in [0.2, 0.25) is 0 Å². The highest BCUT2D eigenvalue weighted by molar-refractivity contribution is 7.13. The monoisotopic (exact) mass is 430 g/mol. The van der Waals surface area contributed by atoms with Gasteiger partial charge >= 0.3 is 5.97 Å². The smallest absolute Gasteiger partial charge is 0.338 e. The van der Waals surface area contributed by atoms with E-state index >= 15 is 0 Å². The minimum absolute atomic E-state index is 0.202. The fourth-order valence-electron chi connectivity index (χ4n) is 3.84. The van der Waals surface area contributed by atoms with Gasteiger partial charge in [-0.25, -0.2) is 4.79 Å². The molecule has 1 unspecified atom stereocenters. The van der Waals surface area contributed by atoms with Gasteiger partial charge in [-0.05, 0) is 54.3 Å². The summed E-state index contributed by atoms with van der Waals surface area (Å²) in [5.41, 5.74) is 4.04. The molecule has 0 saturated heterocycles. The molecule has 8 heteroatoms. The molecule has 0 fully saturated rings. The van der Waals surface area contributed by atoms with Crippen molar-refractivity contribution in [2.75, 3.05) is 11.5 Å². The first kappa shape index (κ1) is 19.2. The third kappa shape index (κ3) is 3.21. The number of pyridine rings is 1. The van der Waals surface area contributed by atoms with Gasteiger partial charge in [-0.15, -0.1) is 11.3 Å². The van der Waals surface area contributed by atoms with E-state index in [9.17, 15) is 9.59 Å². The molecule has 1 aromatic carbocycles. The van der Waals surface area contributed by atoms with Gasteiger partial charge in [0.15, 0.2) is 5.69 Å². The highest BCUT2D eigenvalue weighted by Gasteiger charge is 2.43. The normalized spacial score (nSPS) is 15.2. The molecule has 1 aliphatic rings. The molecule has 1 N–H and O–H groups in total. The van der Waals surface area contributed by atoms with Gasteiger partial charge in [0, 0.05) is 23.6 Å². The fraction of sp³-hybridized carbons (Fsp3) is 0.130. The van der Waals surface area contributed by atoms with Crippen molar-refractivity contribution in [1.82, 2.24) is 15.2 Å². The van der Waals surface area contributed by atoms with Crippen molar-refractivity contribution in [2.24, 2.45) is 0 Å². The quantitative estimate of drug-likeness (QED) is 0.472. The lowest BCUT2D eigenvalue weighted by molar-refractivity contribution is 0.0526. The lowest BCUT2D eigenvalue weighted by atomic mass is 9.99. The number of thiophene rings is 1. The van der Waals surface area contributed by atoms with Crippen molar-refractivity contribution in [3.8, 4) is 10.6 Å². The SMILES string of the molecule is CCOC(=O)c1ccc(N2C(=O)c3n[nH]c(-c4cccs4)c3C2c2cccnc2)cc1. The maximum Gasteiger partial charge on any atom is 0.338 e. The topological polar surface area (TPSA) is 88.2 Å². The van der Waals surface area contributed by atoms with Gasteiger partial charge in [0.1, 0.15) is 0 Å². The Hall–Kier alpha value is -3.78. The van der Waals surface area contributed by atoms with Crippen LogP contribution in [0, 0.1) is 0 Å². The molecule has 0 spiro atoms. The standard InChI is InChI=1S/C23H18N4O3S/c1-2-30-23(29)14-7-9-16(10-8-14)27-21(15-5-3-11-24-13-15)18-19(17-6-4-12-31-17)25-26-20(18)22(27)28/h3-13,21H,2H2,1H3,(H,25,26). The summed E-state index contributed by atoms with van der Waals surface area (Å²) in [5.74, 6) is -0.592. The number of ether oxygens (including phenoxy) is 1. The van der Waals surface area contributed by atoms with Crippen LogP contribution in [0.2, 0.25) is 0 Å². The Morgan fingerprint density at radius 2 is 2.03 bits per heavy atom. The van der Waals surface area contributed by atoms with Gasteiger partial charge in [0.05, 0.1) is 28.8 Å². The molecule has 4 aromatic rings. The summed E-state index contributed by atoms with van der Waals surface area (Å²) in [4.78, 5) is 32.4. The van der Waals surface area contributed by atoms with Crippen LogP contribution < -0.4 is 4.90 Å². The Labute approximate surface area is 182 Å². The van der Waals surface area contributed by atoms with E-state index in [0.717, 1.165) is 21.7 Å². The molecule has 0 bridgehead atoms. The molecule has 1 atom stereocenters. The van der Waals surface area contributed by atoms with Crippen molar-refractivity contribution in [3.05, 3.63) is 88.7 Å². The number of aromatic nitrogens is 3. The number of carbonyl (C=O) groups is 2. The second-order valence-corrected chi connectivity index (χ2v) is 7.92. The first-order valence-electron chi connectivity index (χ1n) is 9.82. The average Bonchev–Trinajstić information content (AvgIpc) is 3.52. The molecule has 1 aliphatic heterocycles. The number of H-pyrrole nitrogens is 1. The molecule has 31 heavy (non-hydrogen) atoms. The van der Waals surface area contributed by atoms with Gasteiger partial charge in [0.25, 0.3) is 5.91 Å². The van der Waals surface area contributed by atoms with E-state index in [-0.39, 0.29) is 11.9 Å².